The molecule has 208 valence electrons. The molecule has 0 N–H and O–H groups in total. The Balaban J connectivity index is 1.72. The molecule has 0 spiro atoms. The molecule has 7 rings (SSSR count). The maximum atomic E-state index is 9.39. The van der Waals surface area contributed by atoms with Crippen LogP contribution in [0.1, 0.15) is 75.1 Å². The summed E-state index contributed by atoms with van der Waals surface area (Å²) in [6.45, 7) is -12.3. The third-order valence-electron chi connectivity index (χ3n) is 8.09. The Hall–Kier alpha value is -4.63. The second kappa shape index (κ2) is 10.0. The normalized spacial score (nSPS) is 18.6. The fourth-order valence-corrected chi connectivity index (χ4v) is 6.25. The van der Waals surface area contributed by atoms with Gasteiger partial charge in [0.05, 0.1) is 23.6 Å². The van der Waals surface area contributed by atoms with Gasteiger partial charge in [-0.25, -0.2) is 4.57 Å². The first-order valence-electron chi connectivity index (χ1n) is 20.7. The molecule has 0 aliphatic carbocycles. The number of imidazole rings is 1. The molecule has 0 amide bonds. The molecule has 0 saturated carbocycles. The van der Waals surface area contributed by atoms with Gasteiger partial charge >= 0.3 is 0 Å². The minimum Gasteiger partial charge on any atom is -0.309 e. The first kappa shape index (κ1) is 15.0. The molecule has 2 heterocycles. The van der Waals surface area contributed by atoms with Gasteiger partial charge < -0.3 is 4.57 Å². The molecule has 5 aromatic carbocycles. The van der Waals surface area contributed by atoms with Gasteiger partial charge in [-0.3, -0.25) is 0 Å². The topological polar surface area (TPSA) is 13.7 Å². The maximum Gasteiger partial charge on any atom is 0.295 e. The van der Waals surface area contributed by atoms with Crippen molar-refractivity contribution in [2.24, 2.45) is 7.05 Å². The summed E-state index contributed by atoms with van der Waals surface area (Å²) < 4.78 is 126. The Bertz CT molecular complexity index is 2560. The lowest BCUT2D eigenvalue weighted by Gasteiger charge is -2.18. The zero-order valence-electron chi connectivity index (χ0n) is 37.2. The predicted octanol–water partition coefficient (Wildman–Crippen LogP) is 9.77. The van der Waals surface area contributed by atoms with Crippen LogP contribution in [-0.4, -0.2) is 9.13 Å². The highest BCUT2D eigenvalue weighted by Gasteiger charge is 2.31. The van der Waals surface area contributed by atoms with Crippen molar-refractivity contribution in [3.8, 4) is 22.8 Å². The highest BCUT2D eigenvalue weighted by atomic mass is 15.2. The summed E-state index contributed by atoms with van der Waals surface area (Å²) in [6.07, 6.45) is 0. The van der Waals surface area contributed by atoms with Crippen molar-refractivity contribution < 1.29 is 23.8 Å². The minimum absolute atomic E-state index is 0.299. The molecule has 0 atom stereocenters. The first-order chi connectivity index (χ1) is 26.0. The number of aromatic nitrogens is 3. The third-order valence-corrected chi connectivity index (χ3v) is 8.09. The maximum absolute atomic E-state index is 9.39. The molecule has 3 nitrogen and oxygen atoms in total. The molecule has 42 heavy (non-hydrogen) atoms. The van der Waals surface area contributed by atoms with E-state index >= 15 is 0 Å². The molecule has 2 aromatic heterocycles. The number of nitrogens with zero attached hydrogens (tertiary/aromatic N) is 3. The van der Waals surface area contributed by atoms with Crippen LogP contribution in [0.2, 0.25) is 0 Å². The highest BCUT2D eigenvalue weighted by Crippen LogP contribution is 2.40. The van der Waals surface area contributed by atoms with Crippen LogP contribution in [0.25, 0.3) is 55.6 Å². The number of para-hydroxylation sites is 5. The summed E-state index contributed by atoms with van der Waals surface area (Å²) in [5.41, 5.74) is 2.99. The van der Waals surface area contributed by atoms with E-state index in [1.807, 2.05) is 73.7 Å². The van der Waals surface area contributed by atoms with Crippen LogP contribution < -0.4 is 4.57 Å². The Morgan fingerprint density at radius 2 is 1.29 bits per heavy atom. The quantitative estimate of drug-likeness (QED) is 0.185. The Labute approximate surface area is 268 Å². The van der Waals surface area contributed by atoms with Gasteiger partial charge in [0.15, 0.2) is 11.0 Å². The van der Waals surface area contributed by atoms with Crippen LogP contribution in [0.3, 0.4) is 0 Å². The van der Waals surface area contributed by atoms with Gasteiger partial charge in [-0.2, -0.15) is 4.57 Å². The Kier molecular flexibility index (Phi) is 3.58. The number of rotatable bonds is 5. The number of aryl methyl sites for hydroxylation is 2. The van der Waals surface area contributed by atoms with Gasteiger partial charge in [-0.15, -0.1) is 0 Å². The molecular formula is C39H38N3+. The van der Waals surface area contributed by atoms with E-state index in [0.717, 1.165) is 45.7 Å². The van der Waals surface area contributed by atoms with E-state index in [0.29, 0.717) is 28.0 Å². The molecule has 0 fully saturated rings. The van der Waals surface area contributed by atoms with Crippen molar-refractivity contribution >= 4 is 32.8 Å². The molecule has 7 aromatic rings. The monoisotopic (exact) mass is 562 g/mol. The van der Waals surface area contributed by atoms with Gasteiger partial charge in [-0.05, 0) is 66.7 Å². The van der Waals surface area contributed by atoms with Gasteiger partial charge in [0.25, 0.3) is 5.82 Å². The number of hydrogen-bond donors (Lipinski definition) is 0. The second-order valence-electron chi connectivity index (χ2n) is 10.5. The van der Waals surface area contributed by atoms with Crippen LogP contribution in [-0.2, 0) is 7.05 Å². The van der Waals surface area contributed by atoms with Crippen molar-refractivity contribution in [3.63, 3.8) is 0 Å². The standard InChI is InChI=1S/C39H38N3/c1-25(2)29-18-14-19-30(26(3)4)38(29)42-36-22-13-12-21-35(36)40(6)39(42)32-24-33-31-17-10-11-20-34(31)41(37(33)23-27(32)5)28-15-8-7-9-16-28/h7-26H,1-6H3/q+1/i1D3,2D3,3D3,4D3,25D,26D. The van der Waals surface area contributed by atoms with Gasteiger partial charge in [0.2, 0.25) is 0 Å². The van der Waals surface area contributed by atoms with Gasteiger partial charge in [-0.1, -0.05) is 94.1 Å². The summed E-state index contributed by atoms with van der Waals surface area (Å²) >= 11 is 0. The number of hydrogen-bond acceptors (Lipinski definition) is 0. The second-order valence-corrected chi connectivity index (χ2v) is 10.5. The lowest BCUT2D eigenvalue weighted by molar-refractivity contribution is -0.633. The fraction of sp³-hybridized carbons (Fsp3) is 0.205. The van der Waals surface area contributed by atoms with E-state index in [1.54, 1.807) is 35.9 Å². The lowest BCUT2D eigenvalue weighted by Crippen LogP contribution is -2.30. The lowest BCUT2D eigenvalue weighted by atomic mass is 9.92. The molecule has 0 aliphatic heterocycles. The van der Waals surface area contributed by atoms with Gasteiger partial charge in [0, 0.05) is 46.8 Å². The van der Waals surface area contributed by atoms with Gasteiger partial charge in [0.1, 0.15) is 5.69 Å². The highest BCUT2D eigenvalue weighted by molar-refractivity contribution is 6.10. The summed E-state index contributed by atoms with van der Waals surface area (Å²) in [6, 6.07) is 31.8. The van der Waals surface area contributed by atoms with E-state index in [2.05, 4.69) is 4.57 Å². The van der Waals surface area contributed by atoms with E-state index < -0.39 is 56.0 Å². The third kappa shape index (κ3) is 3.91. The van der Waals surface area contributed by atoms with Crippen LogP contribution in [0.15, 0.2) is 109 Å². The average molecular weight is 563 g/mol. The van der Waals surface area contributed by atoms with Crippen molar-refractivity contribution in [1.82, 2.24) is 9.13 Å². The molecule has 3 heteroatoms. The molecule has 0 bridgehead atoms. The van der Waals surface area contributed by atoms with Crippen molar-refractivity contribution in [1.29, 1.82) is 0 Å². The van der Waals surface area contributed by atoms with Crippen molar-refractivity contribution in [2.45, 2.75) is 46.1 Å². The SMILES string of the molecule is [2H]C([2H])([2H])C([2H])(c1cccc(C([2H])(C([2H])([2H])[2H])C([2H])([2H])[2H])c1-n1c(-c2cc3c4ccccc4n(-c4ccccc4)c3cc2C)[n+](C)c2ccccc21)C([2H])([2H])[2H]. The van der Waals surface area contributed by atoms with E-state index in [-0.39, 0.29) is 0 Å². The first-order valence-corrected chi connectivity index (χ1v) is 13.7. The zero-order chi connectivity index (χ0) is 41.0. The average Bonchev–Trinajstić information content (AvgIpc) is 3.59. The summed E-state index contributed by atoms with van der Waals surface area (Å²) in [5, 5.41) is 1.74. The summed E-state index contributed by atoms with van der Waals surface area (Å²) in [4.78, 5) is 0. The van der Waals surface area contributed by atoms with Crippen LogP contribution in [0, 0.1) is 6.92 Å². The number of fused-ring (bicyclic) bond motifs is 4. The summed E-state index contributed by atoms with van der Waals surface area (Å²) in [7, 11) is 1.73. The minimum atomic E-state index is -3.55. The smallest absolute Gasteiger partial charge is 0.295 e. The van der Waals surface area contributed by atoms with Crippen LogP contribution in [0.4, 0.5) is 0 Å². The fourth-order valence-electron chi connectivity index (χ4n) is 6.25. The number of benzene rings is 5. The predicted molar refractivity (Wildman–Crippen MR) is 177 cm³/mol. The molecule has 0 saturated heterocycles. The van der Waals surface area contributed by atoms with E-state index in [9.17, 15) is 2.74 Å². The molecule has 0 aliphatic rings. The summed E-state index contributed by atoms with van der Waals surface area (Å²) in [5.74, 6) is -6.54. The van der Waals surface area contributed by atoms with E-state index in [1.165, 1.54) is 4.57 Å². The van der Waals surface area contributed by atoms with E-state index in [4.69, 9.17) is 16.4 Å². The molecule has 0 unspecified atom stereocenters. The van der Waals surface area contributed by atoms with Crippen molar-refractivity contribution in [3.05, 3.63) is 126 Å². The molecular weight excluding hydrogens is 510 g/mol. The largest absolute Gasteiger partial charge is 0.309 e. The van der Waals surface area contributed by atoms with Crippen LogP contribution >= 0.6 is 0 Å². The Morgan fingerprint density at radius 1 is 0.643 bits per heavy atom. The zero-order valence-corrected chi connectivity index (χ0v) is 23.2. The van der Waals surface area contributed by atoms with Crippen LogP contribution in [0.5, 0.6) is 0 Å². The molecule has 0 radical (unpaired) electrons. The van der Waals surface area contributed by atoms with Crippen molar-refractivity contribution in [2.75, 3.05) is 0 Å². The Morgan fingerprint density at radius 3 is 2.00 bits per heavy atom.